The highest BCUT2D eigenvalue weighted by Crippen LogP contribution is 2.55. The van der Waals surface area contributed by atoms with Crippen LogP contribution in [-0.2, 0) is 31.7 Å². The number of rotatable bonds is 9. The number of anilines is 1. The minimum Gasteiger partial charge on any atom is -0.497 e. The highest BCUT2D eigenvalue weighted by Gasteiger charge is 2.63. The first-order valence-electron chi connectivity index (χ1n) is 15.5. The summed E-state index contributed by atoms with van der Waals surface area (Å²) in [6.07, 6.45) is 3.38. The maximum atomic E-state index is 15.4. The first-order valence-corrected chi connectivity index (χ1v) is 17.3. The minimum atomic E-state index is -4.44. The highest BCUT2D eigenvalue weighted by molar-refractivity contribution is 7.93. The first kappa shape index (κ1) is 32.3. The highest BCUT2D eigenvalue weighted by atomic mass is 35.5. The molecule has 244 valence electrons. The van der Waals surface area contributed by atoms with Crippen molar-refractivity contribution in [3.8, 4) is 11.5 Å². The topological polar surface area (TPSA) is 99.7 Å². The monoisotopic (exact) mass is 666 g/mol. The standard InChI is InChI=1S/C34H39ClN4O6S/c1-36(2)32(40)30-8-7-19-38(30)34(28-20-23(9-16-31(28)45-4)22-37-17-5-6-18-37)27-21-24(35)10-15-29(27)39(33(34)41)46(42,43)26-13-11-25(44-3)12-14-26/h9-16,20-21,30H,5-8,17-19,22H2,1-4H3/t30?,34-/m0/s1. The molecular formula is C34H39ClN4O6S. The Balaban J connectivity index is 1.63. The van der Waals surface area contributed by atoms with Crippen LogP contribution < -0.4 is 13.8 Å². The molecule has 10 nitrogen and oxygen atoms in total. The lowest BCUT2D eigenvalue weighted by atomic mass is 9.80. The van der Waals surface area contributed by atoms with Crippen molar-refractivity contribution in [2.45, 2.75) is 48.7 Å². The number of ether oxygens (including phenoxy) is 2. The van der Waals surface area contributed by atoms with Crippen molar-refractivity contribution in [1.82, 2.24) is 14.7 Å². The summed E-state index contributed by atoms with van der Waals surface area (Å²) in [5, 5.41) is 0.335. The molecule has 2 atom stereocenters. The molecule has 0 saturated carbocycles. The molecule has 3 aliphatic rings. The summed E-state index contributed by atoms with van der Waals surface area (Å²) in [5.41, 5.74) is 0.266. The quantitative estimate of drug-likeness (QED) is 0.330. The minimum absolute atomic E-state index is 0.0737. The number of carbonyl (C=O) groups is 2. The van der Waals surface area contributed by atoms with Gasteiger partial charge in [-0.25, -0.2) is 12.7 Å². The van der Waals surface area contributed by atoms with E-state index in [1.807, 2.05) is 23.1 Å². The third-order valence-corrected chi connectivity index (χ3v) is 11.3. The van der Waals surface area contributed by atoms with Crippen molar-refractivity contribution >= 4 is 39.1 Å². The third kappa shape index (κ3) is 5.23. The zero-order valence-electron chi connectivity index (χ0n) is 26.5. The average Bonchev–Trinajstić information content (AvgIpc) is 3.80. The predicted octanol–water partition coefficient (Wildman–Crippen LogP) is 4.48. The molecular weight excluding hydrogens is 628 g/mol. The van der Waals surface area contributed by atoms with Gasteiger partial charge in [0.1, 0.15) is 11.5 Å². The summed E-state index contributed by atoms with van der Waals surface area (Å²) in [6.45, 7) is 2.99. The summed E-state index contributed by atoms with van der Waals surface area (Å²) in [4.78, 5) is 34.8. The van der Waals surface area contributed by atoms with Crippen LogP contribution in [0.4, 0.5) is 5.69 Å². The van der Waals surface area contributed by atoms with Gasteiger partial charge in [-0.1, -0.05) is 17.7 Å². The number of hydrogen-bond donors (Lipinski definition) is 0. The van der Waals surface area contributed by atoms with Crippen molar-refractivity contribution in [3.05, 3.63) is 82.4 Å². The molecule has 1 unspecified atom stereocenters. The van der Waals surface area contributed by atoms with Crippen molar-refractivity contribution in [2.24, 2.45) is 0 Å². The number of sulfonamides is 1. The number of carbonyl (C=O) groups excluding carboxylic acids is 2. The summed E-state index contributed by atoms with van der Waals surface area (Å²) in [7, 11) is 1.96. The van der Waals surface area contributed by atoms with E-state index in [1.54, 1.807) is 44.4 Å². The second-order valence-electron chi connectivity index (χ2n) is 12.2. The molecule has 3 aromatic carbocycles. The van der Waals surface area contributed by atoms with E-state index in [-0.39, 0.29) is 16.5 Å². The summed E-state index contributed by atoms with van der Waals surface area (Å²) in [5.74, 6) is 0.0125. The molecule has 0 aliphatic carbocycles. The van der Waals surface area contributed by atoms with E-state index in [0.717, 1.165) is 35.8 Å². The van der Waals surface area contributed by atoms with E-state index < -0.39 is 27.5 Å². The molecule has 0 bridgehead atoms. The molecule has 2 saturated heterocycles. The summed E-state index contributed by atoms with van der Waals surface area (Å²) in [6, 6.07) is 15.8. The fourth-order valence-corrected chi connectivity index (χ4v) is 8.82. The number of likely N-dealkylation sites (tertiary alicyclic amines) is 2. The Hall–Kier alpha value is -3.64. The normalized spacial score (nSPS) is 21.9. The van der Waals surface area contributed by atoms with Crippen LogP contribution in [0, 0.1) is 0 Å². The van der Waals surface area contributed by atoms with Crippen LogP contribution in [0.2, 0.25) is 5.02 Å². The fraction of sp³-hybridized carbons (Fsp3) is 0.412. The van der Waals surface area contributed by atoms with Gasteiger partial charge in [0.25, 0.3) is 15.9 Å². The van der Waals surface area contributed by atoms with Gasteiger partial charge in [0.15, 0.2) is 5.54 Å². The molecule has 12 heteroatoms. The molecule has 46 heavy (non-hydrogen) atoms. The Bertz CT molecular complexity index is 1760. The largest absolute Gasteiger partial charge is 0.497 e. The SMILES string of the molecule is COc1ccc(S(=O)(=O)N2C(=O)[C@](c3cc(CN4CCCC4)ccc3OC)(N3CCCC3C(=O)N(C)C)c3cc(Cl)ccc32)cc1. The van der Waals surface area contributed by atoms with E-state index in [9.17, 15) is 13.2 Å². The van der Waals surface area contributed by atoms with Gasteiger partial charge in [-0.2, -0.15) is 0 Å². The number of nitrogens with zero attached hydrogens (tertiary/aromatic N) is 4. The lowest BCUT2D eigenvalue weighted by Gasteiger charge is -2.42. The van der Waals surface area contributed by atoms with Crippen LogP contribution in [0.25, 0.3) is 0 Å². The number of halogens is 1. The smallest absolute Gasteiger partial charge is 0.271 e. The van der Waals surface area contributed by atoms with Gasteiger partial charge >= 0.3 is 0 Å². The molecule has 2 fully saturated rings. The molecule has 0 N–H and O–H groups in total. The molecule has 0 spiro atoms. The van der Waals surface area contributed by atoms with E-state index in [2.05, 4.69) is 4.90 Å². The van der Waals surface area contributed by atoms with E-state index >= 15 is 4.79 Å². The number of likely N-dealkylation sites (N-methyl/N-ethyl adjacent to an activating group) is 1. The second-order valence-corrected chi connectivity index (χ2v) is 14.4. The first-order chi connectivity index (χ1) is 22.0. The number of amides is 2. The van der Waals surface area contributed by atoms with Crippen molar-refractivity contribution < 1.29 is 27.5 Å². The Labute approximate surface area is 275 Å². The Kier molecular flexibility index (Phi) is 8.79. The molecule has 3 heterocycles. The van der Waals surface area contributed by atoms with Crippen LogP contribution in [0.3, 0.4) is 0 Å². The zero-order valence-corrected chi connectivity index (χ0v) is 28.1. The van der Waals surface area contributed by atoms with Gasteiger partial charge in [0.05, 0.1) is 30.8 Å². The second kappa shape index (κ2) is 12.5. The van der Waals surface area contributed by atoms with Gasteiger partial charge in [-0.15, -0.1) is 0 Å². The lowest BCUT2D eigenvalue weighted by molar-refractivity contribution is -0.138. The predicted molar refractivity (Wildman–Crippen MR) is 176 cm³/mol. The molecule has 6 rings (SSSR count). The Morgan fingerprint density at radius 3 is 2.30 bits per heavy atom. The molecule has 0 aromatic heterocycles. The number of methoxy groups -OCH3 is 2. The fourth-order valence-electron chi connectivity index (χ4n) is 7.19. The Morgan fingerprint density at radius 2 is 1.65 bits per heavy atom. The molecule has 3 aromatic rings. The number of hydrogen-bond acceptors (Lipinski definition) is 8. The van der Waals surface area contributed by atoms with E-state index in [0.29, 0.717) is 53.6 Å². The summed E-state index contributed by atoms with van der Waals surface area (Å²) >= 11 is 6.65. The summed E-state index contributed by atoms with van der Waals surface area (Å²) < 4.78 is 41.1. The van der Waals surface area contributed by atoms with E-state index in [1.165, 1.54) is 31.3 Å². The maximum Gasteiger partial charge on any atom is 0.271 e. The van der Waals surface area contributed by atoms with Gasteiger partial charge in [0, 0.05) is 43.3 Å². The molecule has 2 amide bonds. The van der Waals surface area contributed by atoms with E-state index in [4.69, 9.17) is 21.1 Å². The number of benzene rings is 3. The molecule has 3 aliphatic heterocycles. The third-order valence-electron chi connectivity index (χ3n) is 9.33. The van der Waals surface area contributed by atoms with Crippen LogP contribution in [0.15, 0.2) is 65.6 Å². The van der Waals surface area contributed by atoms with Crippen LogP contribution in [0.5, 0.6) is 11.5 Å². The van der Waals surface area contributed by atoms with Crippen LogP contribution in [-0.4, -0.2) is 88.9 Å². The van der Waals surface area contributed by atoms with Crippen LogP contribution >= 0.6 is 11.6 Å². The van der Waals surface area contributed by atoms with Crippen molar-refractivity contribution in [3.63, 3.8) is 0 Å². The van der Waals surface area contributed by atoms with Crippen LogP contribution in [0.1, 0.15) is 42.4 Å². The van der Waals surface area contributed by atoms with Gasteiger partial charge in [-0.05, 0) is 98.9 Å². The Morgan fingerprint density at radius 1 is 0.935 bits per heavy atom. The molecule has 0 radical (unpaired) electrons. The van der Waals surface area contributed by atoms with Gasteiger partial charge in [-0.3, -0.25) is 19.4 Å². The zero-order chi connectivity index (χ0) is 32.8. The maximum absolute atomic E-state index is 15.4. The van der Waals surface area contributed by atoms with Crippen molar-refractivity contribution in [2.75, 3.05) is 52.3 Å². The lowest BCUT2D eigenvalue weighted by Crippen LogP contribution is -2.59. The van der Waals surface area contributed by atoms with Gasteiger partial charge in [0.2, 0.25) is 5.91 Å². The van der Waals surface area contributed by atoms with Gasteiger partial charge < -0.3 is 14.4 Å². The average molecular weight is 667 g/mol. The number of fused-ring (bicyclic) bond motifs is 1. The van der Waals surface area contributed by atoms with Crippen molar-refractivity contribution in [1.29, 1.82) is 0 Å².